The highest BCUT2D eigenvalue weighted by molar-refractivity contribution is 6.99. The maximum absolute atomic E-state index is 2.41. The van der Waals surface area contributed by atoms with Crippen molar-refractivity contribution in [3.05, 3.63) is 53.3 Å². The summed E-state index contributed by atoms with van der Waals surface area (Å²) in [5.74, 6) is 0.628. The second-order valence-electron chi connectivity index (χ2n) is 4.86. The van der Waals surface area contributed by atoms with Gasteiger partial charge < -0.3 is 0 Å². The molecule has 0 spiro atoms. The van der Waals surface area contributed by atoms with Crippen molar-refractivity contribution >= 4 is 13.3 Å². The van der Waals surface area contributed by atoms with Crippen molar-refractivity contribution in [2.75, 3.05) is 0 Å². The van der Waals surface area contributed by atoms with Gasteiger partial charge in [0.2, 0.25) is 0 Å². The van der Waals surface area contributed by atoms with Gasteiger partial charge >= 0.3 is 0 Å². The van der Waals surface area contributed by atoms with Crippen molar-refractivity contribution < 1.29 is 0 Å². The lowest BCUT2D eigenvalue weighted by Crippen LogP contribution is -2.45. The minimum absolute atomic E-state index is 0.628. The van der Waals surface area contributed by atoms with Gasteiger partial charge in [0, 0.05) is 5.92 Å². The summed E-state index contributed by atoms with van der Waals surface area (Å²) in [5, 5.41) is 3.47. The third kappa shape index (κ3) is 1.04. The molecule has 0 saturated carbocycles. The van der Waals surface area contributed by atoms with Crippen molar-refractivity contribution in [3.8, 4) is 0 Å². The van der Waals surface area contributed by atoms with Crippen LogP contribution in [-0.2, 0) is 0 Å². The molecular weight excluding hydrogens is 208 g/mol. The zero-order valence-electron chi connectivity index (χ0n) is 10.0. The van der Waals surface area contributed by atoms with Crippen molar-refractivity contribution in [2.24, 2.45) is 0 Å². The van der Waals surface area contributed by atoms with E-state index in [9.17, 15) is 0 Å². The summed E-state index contributed by atoms with van der Waals surface area (Å²) in [6, 6.07) is 11.8. The first kappa shape index (κ1) is 10.1. The molecule has 1 aromatic rings. The summed E-state index contributed by atoms with van der Waals surface area (Å²) in [7, 11) is -1.33. The molecule has 82 valence electrons. The van der Waals surface area contributed by atoms with Gasteiger partial charge in [-0.2, -0.15) is 0 Å². The van der Waals surface area contributed by atoms with Gasteiger partial charge in [0.15, 0.2) is 0 Å². The molecule has 0 fully saturated rings. The molecule has 0 aromatic heterocycles. The lowest BCUT2D eigenvalue weighted by molar-refractivity contribution is 1.10. The minimum atomic E-state index is -1.33. The SMILES string of the molecule is CC[Si]1(CC)C2=CC=CC2c2ccccc21. The molecule has 1 heteroatoms. The third-order valence-electron chi connectivity index (χ3n) is 4.49. The molecule has 1 aliphatic carbocycles. The Bertz CT molecular complexity index is 478. The van der Waals surface area contributed by atoms with Crippen LogP contribution in [0, 0.1) is 0 Å². The predicted octanol–water partition coefficient (Wildman–Crippen LogP) is 3.51. The van der Waals surface area contributed by atoms with Crippen LogP contribution in [0.4, 0.5) is 0 Å². The summed E-state index contributed by atoms with van der Waals surface area (Å²) < 4.78 is 0. The smallest absolute Gasteiger partial charge is 0.0733 e. The summed E-state index contributed by atoms with van der Waals surface area (Å²) in [6.07, 6.45) is 7.06. The largest absolute Gasteiger partial charge is 0.114 e. The number of fused-ring (bicyclic) bond motifs is 3. The fraction of sp³-hybridized carbons (Fsp3) is 0.333. The Kier molecular flexibility index (Phi) is 2.18. The van der Waals surface area contributed by atoms with Crippen LogP contribution in [0.25, 0.3) is 0 Å². The van der Waals surface area contributed by atoms with Crippen LogP contribution >= 0.6 is 0 Å². The van der Waals surface area contributed by atoms with Gasteiger partial charge in [-0.05, 0) is 5.56 Å². The Morgan fingerprint density at radius 2 is 1.88 bits per heavy atom. The molecule has 3 rings (SSSR count). The molecule has 0 saturated heterocycles. The van der Waals surface area contributed by atoms with Crippen molar-refractivity contribution in [2.45, 2.75) is 31.9 Å². The fourth-order valence-electron chi connectivity index (χ4n) is 3.60. The molecule has 0 nitrogen and oxygen atoms in total. The van der Waals surface area contributed by atoms with Gasteiger partial charge in [-0.1, -0.05) is 78.8 Å². The first-order valence-electron chi connectivity index (χ1n) is 6.31. The number of allylic oxidation sites excluding steroid dienone is 4. The Hall–Kier alpha value is -1.08. The average molecular weight is 226 g/mol. The first-order chi connectivity index (χ1) is 7.83. The fourth-order valence-corrected chi connectivity index (χ4v) is 8.46. The quantitative estimate of drug-likeness (QED) is 0.677. The van der Waals surface area contributed by atoms with Gasteiger partial charge in [-0.25, -0.2) is 0 Å². The number of hydrogen-bond acceptors (Lipinski definition) is 0. The lowest BCUT2D eigenvalue weighted by atomic mass is 10.0. The molecule has 1 heterocycles. The number of benzene rings is 1. The van der Waals surface area contributed by atoms with Gasteiger partial charge in [-0.3, -0.25) is 0 Å². The molecule has 0 bridgehead atoms. The van der Waals surface area contributed by atoms with E-state index in [-0.39, 0.29) is 0 Å². The highest BCUT2D eigenvalue weighted by Crippen LogP contribution is 2.45. The van der Waals surface area contributed by atoms with Gasteiger partial charge in [0.05, 0.1) is 0 Å². The molecule has 0 radical (unpaired) electrons. The van der Waals surface area contributed by atoms with Gasteiger partial charge in [0.1, 0.15) is 8.07 Å². The summed E-state index contributed by atoms with van der Waals surface area (Å²) >= 11 is 0. The zero-order valence-corrected chi connectivity index (χ0v) is 11.0. The van der Waals surface area contributed by atoms with Crippen molar-refractivity contribution in [1.29, 1.82) is 0 Å². The van der Waals surface area contributed by atoms with E-state index < -0.39 is 8.07 Å². The van der Waals surface area contributed by atoms with Crippen LogP contribution in [0.3, 0.4) is 0 Å². The topological polar surface area (TPSA) is 0 Å². The predicted molar refractivity (Wildman–Crippen MR) is 72.8 cm³/mol. The number of hydrogen-bond donors (Lipinski definition) is 0. The molecule has 1 aliphatic heterocycles. The van der Waals surface area contributed by atoms with Crippen LogP contribution in [0.15, 0.2) is 47.7 Å². The van der Waals surface area contributed by atoms with Crippen molar-refractivity contribution in [3.63, 3.8) is 0 Å². The summed E-state index contributed by atoms with van der Waals surface area (Å²) in [4.78, 5) is 0. The van der Waals surface area contributed by atoms with E-state index in [4.69, 9.17) is 0 Å². The molecule has 16 heavy (non-hydrogen) atoms. The van der Waals surface area contributed by atoms with Crippen LogP contribution < -0.4 is 5.19 Å². The molecular formula is C15H18Si. The number of rotatable bonds is 2. The van der Waals surface area contributed by atoms with E-state index in [0.717, 1.165) is 0 Å². The average Bonchev–Trinajstić information content (AvgIpc) is 2.89. The van der Waals surface area contributed by atoms with Crippen molar-refractivity contribution in [1.82, 2.24) is 0 Å². The zero-order chi connectivity index (χ0) is 11.2. The normalized spacial score (nSPS) is 24.1. The summed E-state index contributed by atoms with van der Waals surface area (Å²) in [6.45, 7) is 4.77. The lowest BCUT2D eigenvalue weighted by Gasteiger charge is -2.27. The first-order valence-corrected chi connectivity index (χ1v) is 8.73. The van der Waals surface area contributed by atoms with E-state index in [1.807, 2.05) is 0 Å². The van der Waals surface area contributed by atoms with Crippen LogP contribution in [-0.4, -0.2) is 8.07 Å². The molecule has 0 N–H and O–H groups in total. The van der Waals surface area contributed by atoms with E-state index in [1.54, 1.807) is 15.9 Å². The van der Waals surface area contributed by atoms with Gasteiger partial charge in [0.25, 0.3) is 0 Å². The van der Waals surface area contributed by atoms with Gasteiger partial charge in [-0.15, -0.1) is 0 Å². The Balaban J connectivity index is 2.27. The second-order valence-corrected chi connectivity index (χ2v) is 9.56. The van der Waals surface area contributed by atoms with Crippen LogP contribution in [0.5, 0.6) is 0 Å². The highest BCUT2D eigenvalue weighted by atomic mass is 28.3. The Labute approximate surface area is 98.7 Å². The molecule has 1 atom stereocenters. The minimum Gasteiger partial charge on any atom is -0.0733 e. The third-order valence-corrected chi connectivity index (χ3v) is 9.97. The Morgan fingerprint density at radius 3 is 2.62 bits per heavy atom. The van der Waals surface area contributed by atoms with E-state index in [1.165, 1.54) is 12.1 Å². The second kappa shape index (κ2) is 3.46. The standard InChI is InChI=1S/C15H18Si/c1-3-16(4-2)14-10-6-5-8-12(14)13-9-7-11-15(13)16/h5-11,13H,3-4H2,1-2H3. The van der Waals surface area contributed by atoms with E-state index >= 15 is 0 Å². The maximum Gasteiger partial charge on any atom is 0.114 e. The van der Waals surface area contributed by atoms with Crippen LogP contribution in [0.2, 0.25) is 12.1 Å². The molecule has 0 amide bonds. The van der Waals surface area contributed by atoms with E-state index in [0.29, 0.717) is 5.92 Å². The molecule has 2 aliphatic rings. The molecule has 1 aromatic carbocycles. The molecule has 1 unspecified atom stereocenters. The summed E-state index contributed by atoms with van der Waals surface area (Å²) in [5.41, 5.74) is 1.60. The Morgan fingerprint density at radius 1 is 1.12 bits per heavy atom. The highest BCUT2D eigenvalue weighted by Gasteiger charge is 2.47. The van der Waals surface area contributed by atoms with E-state index in [2.05, 4.69) is 56.3 Å². The van der Waals surface area contributed by atoms with Crippen LogP contribution in [0.1, 0.15) is 25.3 Å². The maximum atomic E-state index is 2.41. The monoisotopic (exact) mass is 226 g/mol.